The van der Waals surface area contributed by atoms with Gasteiger partial charge in [-0.2, -0.15) is 0 Å². The van der Waals surface area contributed by atoms with E-state index in [1.54, 1.807) is 13.8 Å². The maximum Gasteiger partial charge on any atom is 0.309 e. The molecule has 1 N–H and O–H groups in total. The molecule has 0 aromatic carbocycles. The van der Waals surface area contributed by atoms with E-state index in [4.69, 9.17) is 9.47 Å². The molecule has 5 heteroatoms. The third-order valence-electron chi connectivity index (χ3n) is 3.00. The van der Waals surface area contributed by atoms with Crippen molar-refractivity contribution < 1.29 is 24.2 Å². The maximum absolute atomic E-state index is 11.7. The van der Waals surface area contributed by atoms with E-state index in [2.05, 4.69) is 0 Å². The van der Waals surface area contributed by atoms with Gasteiger partial charge < -0.3 is 14.6 Å². The quantitative estimate of drug-likeness (QED) is 0.743. The Bertz CT molecular complexity index is 276. The lowest BCUT2D eigenvalue weighted by molar-refractivity contribution is -0.164. The minimum atomic E-state index is -0.572. The number of rotatable bonds is 4. The minimum Gasteiger partial charge on any atom is -0.466 e. The Morgan fingerprint density at radius 3 is 2.12 bits per heavy atom. The molecule has 0 heterocycles. The van der Waals surface area contributed by atoms with Crippen molar-refractivity contribution in [1.29, 1.82) is 0 Å². The standard InChI is InChI=1S/C12H20O5/c1-3-16-11(14)9-6-5-8(13)7-10(9)12(15)17-4-2/h8-10,13H,3-7H2,1-2H3. The molecule has 98 valence electrons. The Kier molecular flexibility index (Phi) is 5.41. The van der Waals surface area contributed by atoms with Gasteiger partial charge in [0.05, 0.1) is 31.2 Å². The number of aliphatic hydroxyl groups excluding tert-OH is 1. The van der Waals surface area contributed by atoms with Gasteiger partial charge in [-0.05, 0) is 33.1 Å². The van der Waals surface area contributed by atoms with Gasteiger partial charge in [-0.3, -0.25) is 9.59 Å². The second-order valence-corrected chi connectivity index (χ2v) is 4.18. The van der Waals surface area contributed by atoms with Crippen LogP contribution in [0.1, 0.15) is 33.1 Å². The number of carbonyl (C=O) groups is 2. The summed E-state index contributed by atoms with van der Waals surface area (Å²) >= 11 is 0. The summed E-state index contributed by atoms with van der Waals surface area (Å²) in [6.07, 6.45) is 0.751. The Morgan fingerprint density at radius 1 is 1.06 bits per heavy atom. The van der Waals surface area contributed by atoms with Gasteiger partial charge in [0.2, 0.25) is 0 Å². The second kappa shape index (κ2) is 6.59. The van der Waals surface area contributed by atoms with Crippen LogP contribution in [0.3, 0.4) is 0 Å². The smallest absolute Gasteiger partial charge is 0.309 e. The molecule has 0 bridgehead atoms. The van der Waals surface area contributed by atoms with Gasteiger partial charge in [-0.25, -0.2) is 0 Å². The Labute approximate surface area is 101 Å². The zero-order valence-corrected chi connectivity index (χ0v) is 10.3. The molecular formula is C12H20O5. The van der Waals surface area contributed by atoms with Crippen molar-refractivity contribution in [2.24, 2.45) is 11.8 Å². The molecule has 1 saturated carbocycles. The fourth-order valence-corrected chi connectivity index (χ4v) is 2.19. The number of ether oxygens (including phenoxy) is 2. The van der Waals surface area contributed by atoms with Gasteiger partial charge in [-0.1, -0.05) is 0 Å². The van der Waals surface area contributed by atoms with Crippen LogP contribution in [0, 0.1) is 11.8 Å². The topological polar surface area (TPSA) is 72.8 Å². The lowest BCUT2D eigenvalue weighted by Crippen LogP contribution is -2.39. The van der Waals surface area contributed by atoms with E-state index in [9.17, 15) is 14.7 Å². The second-order valence-electron chi connectivity index (χ2n) is 4.18. The van der Waals surface area contributed by atoms with Gasteiger partial charge in [0, 0.05) is 0 Å². The van der Waals surface area contributed by atoms with E-state index in [0.29, 0.717) is 19.4 Å². The summed E-state index contributed by atoms with van der Waals surface area (Å²) in [5, 5.41) is 9.57. The molecule has 0 aromatic heterocycles. The van der Waals surface area contributed by atoms with Crippen molar-refractivity contribution in [2.45, 2.75) is 39.2 Å². The number of carbonyl (C=O) groups excluding carboxylic acids is 2. The number of aliphatic hydroxyl groups is 1. The molecular weight excluding hydrogens is 224 g/mol. The average molecular weight is 244 g/mol. The summed E-state index contributed by atoms with van der Waals surface area (Å²) in [6.45, 7) is 4.03. The predicted molar refractivity (Wildman–Crippen MR) is 60.1 cm³/mol. The average Bonchev–Trinajstić information content (AvgIpc) is 2.29. The summed E-state index contributed by atoms with van der Waals surface area (Å²) in [4.78, 5) is 23.4. The minimum absolute atomic E-state index is 0.279. The first-order chi connectivity index (χ1) is 8.10. The molecule has 0 spiro atoms. The zero-order valence-electron chi connectivity index (χ0n) is 10.3. The Morgan fingerprint density at radius 2 is 1.59 bits per heavy atom. The van der Waals surface area contributed by atoms with E-state index in [1.807, 2.05) is 0 Å². The zero-order chi connectivity index (χ0) is 12.8. The SMILES string of the molecule is CCOC(=O)C1CCC(O)CC1C(=O)OCC. The normalized spacial score (nSPS) is 28.5. The molecule has 1 fully saturated rings. The van der Waals surface area contributed by atoms with Crippen LogP contribution < -0.4 is 0 Å². The summed E-state index contributed by atoms with van der Waals surface area (Å²) in [5.41, 5.74) is 0. The van der Waals surface area contributed by atoms with Crippen molar-refractivity contribution in [3.8, 4) is 0 Å². The molecule has 0 amide bonds. The van der Waals surface area contributed by atoms with E-state index in [-0.39, 0.29) is 19.0 Å². The molecule has 0 saturated heterocycles. The fourth-order valence-electron chi connectivity index (χ4n) is 2.19. The van der Waals surface area contributed by atoms with Gasteiger partial charge in [0.1, 0.15) is 0 Å². The van der Waals surface area contributed by atoms with E-state index in [1.165, 1.54) is 0 Å². The molecule has 17 heavy (non-hydrogen) atoms. The van der Waals surface area contributed by atoms with Gasteiger partial charge >= 0.3 is 11.9 Å². The summed E-state index contributed by atoms with van der Waals surface area (Å²) in [6, 6.07) is 0. The van der Waals surface area contributed by atoms with Gasteiger partial charge in [0.15, 0.2) is 0 Å². The Hall–Kier alpha value is -1.10. The van der Waals surface area contributed by atoms with Crippen molar-refractivity contribution in [2.75, 3.05) is 13.2 Å². The molecule has 0 aromatic rings. The van der Waals surface area contributed by atoms with Crippen molar-refractivity contribution in [3.63, 3.8) is 0 Å². The fraction of sp³-hybridized carbons (Fsp3) is 0.833. The molecule has 3 unspecified atom stereocenters. The van der Waals surface area contributed by atoms with Crippen LogP contribution in [0.2, 0.25) is 0 Å². The van der Waals surface area contributed by atoms with Crippen LogP contribution in [-0.4, -0.2) is 36.4 Å². The number of hydrogen-bond donors (Lipinski definition) is 1. The largest absolute Gasteiger partial charge is 0.466 e. The highest BCUT2D eigenvalue weighted by molar-refractivity contribution is 5.82. The third kappa shape index (κ3) is 3.70. The summed E-state index contributed by atoms with van der Waals surface area (Å²) in [5.74, 6) is -1.82. The Balaban J connectivity index is 2.70. The maximum atomic E-state index is 11.7. The van der Waals surface area contributed by atoms with Crippen LogP contribution in [-0.2, 0) is 19.1 Å². The lowest BCUT2D eigenvalue weighted by atomic mass is 9.78. The van der Waals surface area contributed by atoms with Crippen molar-refractivity contribution in [3.05, 3.63) is 0 Å². The first kappa shape index (κ1) is 14.0. The molecule has 1 aliphatic rings. The van der Waals surface area contributed by atoms with E-state index < -0.39 is 23.9 Å². The highest BCUT2D eigenvalue weighted by Crippen LogP contribution is 2.32. The van der Waals surface area contributed by atoms with E-state index >= 15 is 0 Å². The highest BCUT2D eigenvalue weighted by Gasteiger charge is 2.40. The molecule has 1 aliphatic carbocycles. The molecule has 3 atom stereocenters. The van der Waals surface area contributed by atoms with Crippen LogP contribution in [0.5, 0.6) is 0 Å². The van der Waals surface area contributed by atoms with Crippen LogP contribution in [0.25, 0.3) is 0 Å². The van der Waals surface area contributed by atoms with Crippen LogP contribution >= 0.6 is 0 Å². The van der Waals surface area contributed by atoms with Crippen molar-refractivity contribution in [1.82, 2.24) is 0 Å². The predicted octanol–water partition coefficient (Wildman–Crippen LogP) is 0.890. The summed E-state index contributed by atoms with van der Waals surface area (Å²) in [7, 11) is 0. The van der Waals surface area contributed by atoms with E-state index in [0.717, 1.165) is 0 Å². The van der Waals surface area contributed by atoms with Crippen molar-refractivity contribution >= 4 is 11.9 Å². The molecule has 0 aliphatic heterocycles. The first-order valence-corrected chi connectivity index (χ1v) is 6.11. The molecule has 0 radical (unpaired) electrons. The molecule has 1 rings (SSSR count). The monoisotopic (exact) mass is 244 g/mol. The highest BCUT2D eigenvalue weighted by atomic mass is 16.5. The number of hydrogen-bond acceptors (Lipinski definition) is 5. The van der Waals surface area contributed by atoms with Gasteiger partial charge in [0.25, 0.3) is 0 Å². The first-order valence-electron chi connectivity index (χ1n) is 6.11. The third-order valence-corrected chi connectivity index (χ3v) is 3.00. The number of esters is 2. The van der Waals surface area contributed by atoms with Gasteiger partial charge in [-0.15, -0.1) is 0 Å². The van der Waals surface area contributed by atoms with Crippen LogP contribution in [0.4, 0.5) is 0 Å². The van der Waals surface area contributed by atoms with Crippen LogP contribution in [0.15, 0.2) is 0 Å². The molecule has 5 nitrogen and oxygen atoms in total. The summed E-state index contributed by atoms with van der Waals surface area (Å²) < 4.78 is 9.88. The lowest BCUT2D eigenvalue weighted by Gasteiger charge is -2.30.